The first kappa shape index (κ1) is 27.0. The Labute approximate surface area is 231 Å². The number of hydrogen-bond acceptors (Lipinski definition) is 9. The fourth-order valence-corrected chi connectivity index (χ4v) is 5.56. The number of ether oxygens (including phenoxy) is 1. The highest BCUT2D eigenvalue weighted by molar-refractivity contribution is 5.71. The molecule has 13 heteroatoms. The van der Waals surface area contributed by atoms with E-state index in [1.54, 1.807) is 36.4 Å². The van der Waals surface area contributed by atoms with Crippen LogP contribution >= 0.6 is 0 Å². The Balaban J connectivity index is 1.24. The molecule has 2 aromatic heterocycles. The number of likely N-dealkylation sites (tertiary alicyclic amines) is 1. The highest BCUT2D eigenvalue weighted by atomic mass is 19.4. The molecule has 4 heterocycles. The molecule has 2 aromatic carbocycles. The van der Waals surface area contributed by atoms with Gasteiger partial charge in [0.15, 0.2) is 0 Å². The summed E-state index contributed by atoms with van der Waals surface area (Å²) in [5.41, 5.74) is -0.344. The second kappa shape index (κ2) is 10.6. The van der Waals surface area contributed by atoms with Gasteiger partial charge in [0.2, 0.25) is 11.6 Å². The number of piperidine rings is 1. The maximum atomic E-state index is 14.1. The van der Waals surface area contributed by atoms with Crippen molar-refractivity contribution < 1.29 is 42.0 Å². The minimum atomic E-state index is -4.80. The van der Waals surface area contributed by atoms with Crippen molar-refractivity contribution >= 4 is 5.97 Å². The first-order valence-electron chi connectivity index (χ1n) is 13.1. The van der Waals surface area contributed by atoms with E-state index < -0.39 is 35.5 Å². The molecule has 0 spiro atoms. The largest absolute Gasteiger partial charge is 0.491 e. The summed E-state index contributed by atoms with van der Waals surface area (Å²) in [5, 5.41) is 27.8. The van der Waals surface area contributed by atoms with E-state index in [0.717, 1.165) is 19.4 Å². The molecule has 0 saturated carbocycles. The number of aliphatic hydroxyl groups excluding tert-OH is 1. The average molecular weight is 571 g/mol. The molecule has 1 unspecified atom stereocenters. The number of carboxylic acid groups (broad SMARTS) is 1. The highest BCUT2D eigenvalue weighted by Gasteiger charge is 2.43. The number of nitrogens with zero attached hydrogens (tertiary/aromatic N) is 4. The second-order valence-electron chi connectivity index (χ2n) is 10.2. The fourth-order valence-electron chi connectivity index (χ4n) is 5.56. The predicted octanol–water partition coefficient (Wildman–Crippen LogP) is 5.06. The third-order valence-corrected chi connectivity index (χ3v) is 7.49. The van der Waals surface area contributed by atoms with Crippen molar-refractivity contribution in [2.75, 3.05) is 19.7 Å². The van der Waals surface area contributed by atoms with Crippen LogP contribution in [0.15, 0.2) is 57.6 Å². The Bertz CT molecular complexity index is 1550. The third kappa shape index (κ3) is 5.30. The molecule has 2 aliphatic rings. The number of aliphatic hydroxyl groups is 1. The van der Waals surface area contributed by atoms with Crippen molar-refractivity contribution in [2.24, 2.45) is 5.92 Å². The highest BCUT2D eigenvalue weighted by Crippen LogP contribution is 2.43. The molecule has 4 aromatic rings. The van der Waals surface area contributed by atoms with Gasteiger partial charge in [-0.3, -0.25) is 9.69 Å². The first-order chi connectivity index (χ1) is 19.7. The Morgan fingerprint density at radius 2 is 1.88 bits per heavy atom. The van der Waals surface area contributed by atoms with Gasteiger partial charge in [-0.1, -0.05) is 52.8 Å². The van der Waals surface area contributed by atoms with Crippen molar-refractivity contribution in [1.82, 2.24) is 20.2 Å². The molecule has 1 saturated heterocycles. The molecule has 0 bridgehead atoms. The predicted molar refractivity (Wildman–Crippen MR) is 136 cm³/mol. The van der Waals surface area contributed by atoms with E-state index in [4.69, 9.17) is 18.9 Å². The number of hydrogen-bond donors (Lipinski definition) is 2. The van der Waals surface area contributed by atoms with Crippen molar-refractivity contribution in [2.45, 2.75) is 37.6 Å². The topological polar surface area (TPSA) is 135 Å². The van der Waals surface area contributed by atoms with Gasteiger partial charge in [-0.25, -0.2) is 0 Å². The Morgan fingerprint density at radius 3 is 2.63 bits per heavy atom. The monoisotopic (exact) mass is 570 g/mol. The lowest BCUT2D eigenvalue weighted by Gasteiger charge is -2.42. The van der Waals surface area contributed by atoms with Gasteiger partial charge in [0, 0.05) is 29.7 Å². The van der Waals surface area contributed by atoms with Gasteiger partial charge in [-0.2, -0.15) is 18.2 Å². The Morgan fingerprint density at radius 1 is 1.07 bits per heavy atom. The van der Waals surface area contributed by atoms with E-state index in [1.165, 1.54) is 12.1 Å². The summed E-state index contributed by atoms with van der Waals surface area (Å²) in [5.74, 6) is -1.61. The number of aromatic nitrogens is 3. The molecule has 214 valence electrons. The lowest BCUT2D eigenvalue weighted by Crippen LogP contribution is -2.50. The maximum Gasteiger partial charge on any atom is 0.422 e. The lowest BCUT2D eigenvalue weighted by atomic mass is 9.90. The van der Waals surface area contributed by atoms with E-state index in [9.17, 15) is 23.1 Å². The minimum Gasteiger partial charge on any atom is -0.491 e. The standard InChI is InChI=1S/C28H25F3N4O6/c29-28(30,31)22-23(16-6-2-1-3-7-16)33-40-25(22)27-32-26(34-41-27)17-8-9-18-20(12-17)39-14-19(24(18)38)35-10-4-5-15(13-35)11-21(36)37/h1-3,6-9,12,15,19,24,38H,4-5,10-11,13-14H2,(H,36,37)/t15?,19-,24+/m1/s1. The molecule has 10 nitrogen and oxygen atoms in total. The molecule has 6 rings (SSSR count). The van der Waals surface area contributed by atoms with E-state index in [1.807, 2.05) is 0 Å². The zero-order valence-corrected chi connectivity index (χ0v) is 21.5. The van der Waals surface area contributed by atoms with Gasteiger partial charge in [-0.05, 0) is 31.4 Å². The summed E-state index contributed by atoms with van der Waals surface area (Å²) < 4.78 is 58.3. The zero-order valence-electron chi connectivity index (χ0n) is 21.5. The van der Waals surface area contributed by atoms with Crippen molar-refractivity contribution in [1.29, 1.82) is 0 Å². The number of carboxylic acids is 1. The molecule has 0 amide bonds. The van der Waals surface area contributed by atoms with Crippen molar-refractivity contribution in [3.63, 3.8) is 0 Å². The van der Waals surface area contributed by atoms with Crippen molar-refractivity contribution in [3.8, 4) is 40.0 Å². The Kier molecular flexibility index (Phi) is 6.99. The molecular weight excluding hydrogens is 545 g/mol. The average Bonchev–Trinajstić information content (AvgIpc) is 3.61. The minimum absolute atomic E-state index is 0.00124. The SMILES string of the molecule is O=C(O)CC1CCCN([C@@H]2COc3cc(-c4noc(-c5onc(-c6ccccc6)c5C(F)(F)F)n4)ccc3[C@@H]2O)C1. The number of halogens is 3. The molecule has 2 N–H and O–H groups in total. The van der Waals surface area contributed by atoms with Crippen molar-refractivity contribution in [3.05, 3.63) is 59.7 Å². The smallest absolute Gasteiger partial charge is 0.422 e. The van der Waals surface area contributed by atoms with Crippen LogP contribution in [-0.2, 0) is 11.0 Å². The van der Waals surface area contributed by atoms with Gasteiger partial charge < -0.3 is 24.0 Å². The number of benzene rings is 2. The molecular formula is C28H25F3N4O6. The van der Waals surface area contributed by atoms with E-state index in [2.05, 4.69) is 20.2 Å². The maximum absolute atomic E-state index is 14.1. The third-order valence-electron chi connectivity index (χ3n) is 7.49. The molecule has 41 heavy (non-hydrogen) atoms. The molecule has 0 aliphatic carbocycles. The summed E-state index contributed by atoms with van der Waals surface area (Å²) in [6, 6.07) is 12.4. The molecule has 2 aliphatic heterocycles. The fraction of sp³-hybridized carbons (Fsp3) is 0.357. The van der Waals surface area contributed by atoms with Crippen LogP contribution in [0.3, 0.4) is 0 Å². The second-order valence-corrected chi connectivity index (χ2v) is 10.2. The lowest BCUT2D eigenvalue weighted by molar-refractivity contribution is -0.139. The van der Waals surface area contributed by atoms with Gasteiger partial charge >= 0.3 is 12.1 Å². The Hall–Kier alpha value is -4.23. The van der Waals surface area contributed by atoms with Crippen LogP contribution in [0.25, 0.3) is 34.3 Å². The van der Waals surface area contributed by atoms with Crippen LogP contribution in [0.5, 0.6) is 5.75 Å². The van der Waals surface area contributed by atoms with E-state index in [0.29, 0.717) is 23.4 Å². The van der Waals surface area contributed by atoms with Gasteiger partial charge in [0.05, 0.1) is 6.04 Å². The van der Waals surface area contributed by atoms with Gasteiger partial charge in [0.25, 0.3) is 5.89 Å². The van der Waals surface area contributed by atoms with Crippen LogP contribution in [0.4, 0.5) is 13.2 Å². The normalized spacial score (nSPS) is 21.3. The number of fused-ring (bicyclic) bond motifs is 1. The number of carbonyl (C=O) groups is 1. The van der Waals surface area contributed by atoms with Crippen LogP contribution in [0.2, 0.25) is 0 Å². The summed E-state index contributed by atoms with van der Waals surface area (Å²) in [7, 11) is 0. The summed E-state index contributed by atoms with van der Waals surface area (Å²) in [6.07, 6.45) is -3.94. The quantitative estimate of drug-likeness (QED) is 0.324. The summed E-state index contributed by atoms with van der Waals surface area (Å²) in [6.45, 7) is 1.47. The van der Waals surface area contributed by atoms with Crippen LogP contribution in [-0.4, -0.2) is 62.1 Å². The van der Waals surface area contributed by atoms with Crippen LogP contribution in [0.1, 0.15) is 36.5 Å². The molecule has 0 radical (unpaired) electrons. The zero-order chi connectivity index (χ0) is 28.7. The van der Waals surface area contributed by atoms with E-state index >= 15 is 0 Å². The first-order valence-corrected chi connectivity index (χ1v) is 13.1. The molecule has 3 atom stereocenters. The number of alkyl halides is 3. The van der Waals surface area contributed by atoms with Crippen LogP contribution < -0.4 is 4.74 Å². The van der Waals surface area contributed by atoms with Gasteiger partial charge in [-0.15, -0.1) is 0 Å². The molecule has 1 fully saturated rings. The number of aliphatic carboxylic acids is 1. The summed E-state index contributed by atoms with van der Waals surface area (Å²) >= 11 is 0. The van der Waals surface area contributed by atoms with Crippen LogP contribution in [0, 0.1) is 5.92 Å². The number of rotatable bonds is 6. The van der Waals surface area contributed by atoms with Gasteiger partial charge in [0.1, 0.15) is 29.7 Å². The van der Waals surface area contributed by atoms with E-state index in [-0.39, 0.29) is 42.1 Å². The summed E-state index contributed by atoms with van der Waals surface area (Å²) in [4.78, 5) is 17.4.